The van der Waals surface area contributed by atoms with Crippen molar-refractivity contribution in [3.05, 3.63) is 47.2 Å². The van der Waals surface area contributed by atoms with E-state index in [2.05, 4.69) is 10.9 Å². The third-order valence-electron chi connectivity index (χ3n) is 4.46. The van der Waals surface area contributed by atoms with Crippen molar-refractivity contribution in [1.82, 2.24) is 4.98 Å². The Bertz CT molecular complexity index is 771. The van der Waals surface area contributed by atoms with Crippen LogP contribution in [-0.4, -0.2) is 22.7 Å². The van der Waals surface area contributed by atoms with Crippen LogP contribution in [0.2, 0.25) is 0 Å². The van der Waals surface area contributed by atoms with Gasteiger partial charge < -0.3 is 14.3 Å². The van der Waals surface area contributed by atoms with Crippen LogP contribution < -0.4 is 4.74 Å². The Balaban J connectivity index is 1.81. The first-order chi connectivity index (χ1) is 13.0. The zero-order valence-electron chi connectivity index (χ0n) is 16.0. The number of aryl methyl sites for hydroxylation is 2. The normalized spacial score (nSPS) is 11.7. The second kappa shape index (κ2) is 10.4. The molecule has 1 aromatic carbocycles. The highest BCUT2D eigenvalue weighted by molar-refractivity contribution is 5.66. The predicted molar refractivity (Wildman–Crippen MR) is 104 cm³/mol. The first kappa shape index (κ1) is 20.6. The van der Waals surface area contributed by atoms with E-state index >= 15 is 0 Å². The highest BCUT2D eigenvalue weighted by Gasteiger charge is 2.11. The molecule has 0 aliphatic heterocycles. The minimum absolute atomic E-state index is 0.193. The van der Waals surface area contributed by atoms with Crippen LogP contribution in [0.3, 0.4) is 0 Å². The summed E-state index contributed by atoms with van der Waals surface area (Å²) < 4.78 is 11.2. The summed E-state index contributed by atoms with van der Waals surface area (Å²) in [5, 5.41) is 8.77. The van der Waals surface area contributed by atoms with Crippen LogP contribution in [0.5, 0.6) is 5.75 Å². The molecule has 1 N–H and O–H groups in total. The van der Waals surface area contributed by atoms with Crippen molar-refractivity contribution < 1.29 is 19.1 Å². The molecule has 5 heteroatoms. The van der Waals surface area contributed by atoms with Crippen LogP contribution in [0.25, 0.3) is 0 Å². The largest absolute Gasteiger partial charge is 0.493 e. The van der Waals surface area contributed by atoms with E-state index in [1.54, 1.807) is 0 Å². The van der Waals surface area contributed by atoms with Gasteiger partial charge in [-0.25, -0.2) is 4.98 Å². The quantitative estimate of drug-likeness (QED) is 0.596. The van der Waals surface area contributed by atoms with Gasteiger partial charge in [0.15, 0.2) is 5.89 Å². The molecule has 0 bridgehead atoms. The standard InChI is InChI=1S/C22H27NO4/c1-4-6-18(7-5-8-22(24)25)15-19-9-11-20(12-10-19)26-14-13-21-16(2)27-17(3)23-21/h1,9-12,18H,5-8,13-15H2,2-3H3,(H,24,25). The number of carboxylic acid groups (broad SMARTS) is 1. The van der Waals surface area contributed by atoms with E-state index in [0.717, 1.165) is 30.0 Å². The Morgan fingerprint density at radius 2 is 2.07 bits per heavy atom. The van der Waals surface area contributed by atoms with E-state index in [9.17, 15) is 4.79 Å². The van der Waals surface area contributed by atoms with Gasteiger partial charge in [0, 0.05) is 26.2 Å². The van der Waals surface area contributed by atoms with Crippen LogP contribution in [-0.2, 0) is 17.6 Å². The number of benzene rings is 1. The molecule has 0 aliphatic rings. The number of nitrogens with zero attached hydrogens (tertiary/aromatic N) is 1. The van der Waals surface area contributed by atoms with Crippen molar-refractivity contribution in [2.75, 3.05) is 6.61 Å². The van der Waals surface area contributed by atoms with Crippen molar-refractivity contribution >= 4 is 5.97 Å². The minimum Gasteiger partial charge on any atom is -0.493 e. The molecule has 0 fully saturated rings. The van der Waals surface area contributed by atoms with E-state index in [-0.39, 0.29) is 6.42 Å². The average molecular weight is 369 g/mol. The summed E-state index contributed by atoms with van der Waals surface area (Å²) in [6.45, 7) is 4.29. The lowest BCUT2D eigenvalue weighted by atomic mass is 9.91. The molecule has 144 valence electrons. The maximum atomic E-state index is 10.7. The number of aromatic nitrogens is 1. The van der Waals surface area contributed by atoms with Crippen molar-refractivity contribution in [1.29, 1.82) is 0 Å². The van der Waals surface area contributed by atoms with Gasteiger partial charge in [0.2, 0.25) is 0 Å². The molecule has 0 saturated heterocycles. The van der Waals surface area contributed by atoms with Crippen LogP contribution >= 0.6 is 0 Å². The molecule has 2 rings (SSSR count). The van der Waals surface area contributed by atoms with Gasteiger partial charge in [0.1, 0.15) is 11.5 Å². The summed E-state index contributed by atoms with van der Waals surface area (Å²) in [7, 11) is 0. The lowest BCUT2D eigenvalue weighted by Crippen LogP contribution is -2.06. The summed E-state index contributed by atoms with van der Waals surface area (Å²) in [4.78, 5) is 15.0. The summed E-state index contributed by atoms with van der Waals surface area (Å²) in [5.74, 6) is 4.58. The SMILES string of the molecule is C#CCC(CCCC(=O)O)Cc1ccc(OCCc2nc(C)oc2C)cc1. The van der Waals surface area contributed by atoms with Crippen LogP contribution in [0.4, 0.5) is 0 Å². The number of carboxylic acids is 1. The maximum absolute atomic E-state index is 10.7. The van der Waals surface area contributed by atoms with E-state index < -0.39 is 5.97 Å². The maximum Gasteiger partial charge on any atom is 0.303 e. The third-order valence-corrected chi connectivity index (χ3v) is 4.46. The molecule has 0 saturated carbocycles. The minimum atomic E-state index is -0.757. The molecular formula is C22H27NO4. The van der Waals surface area contributed by atoms with Crippen LogP contribution in [0, 0.1) is 32.1 Å². The first-order valence-corrected chi connectivity index (χ1v) is 9.27. The van der Waals surface area contributed by atoms with E-state index in [4.69, 9.17) is 20.7 Å². The number of hydrogen-bond acceptors (Lipinski definition) is 4. The Morgan fingerprint density at radius 3 is 2.67 bits per heavy atom. The van der Waals surface area contributed by atoms with Crippen LogP contribution in [0.15, 0.2) is 28.7 Å². The van der Waals surface area contributed by atoms with E-state index in [1.807, 2.05) is 38.1 Å². The fourth-order valence-corrected chi connectivity index (χ4v) is 3.11. The van der Waals surface area contributed by atoms with Crippen molar-refractivity contribution in [3.63, 3.8) is 0 Å². The lowest BCUT2D eigenvalue weighted by Gasteiger charge is -2.14. The number of terminal acetylenes is 1. The fourth-order valence-electron chi connectivity index (χ4n) is 3.11. The zero-order valence-corrected chi connectivity index (χ0v) is 16.0. The second-order valence-electron chi connectivity index (χ2n) is 6.74. The molecule has 1 atom stereocenters. The molecule has 0 amide bonds. The summed E-state index contributed by atoms with van der Waals surface area (Å²) >= 11 is 0. The van der Waals surface area contributed by atoms with Gasteiger partial charge in [-0.2, -0.15) is 0 Å². The highest BCUT2D eigenvalue weighted by Crippen LogP contribution is 2.21. The van der Waals surface area contributed by atoms with Gasteiger partial charge in [-0.05, 0) is 49.8 Å². The second-order valence-corrected chi connectivity index (χ2v) is 6.74. The summed E-state index contributed by atoms with van der Waals surface area (Å²) in [6, 6.07) is 8.00. The van der Waals surface area contributed by atoms with Gasteiger partial charge >= 0.3 is 5.97 Å². The molecule has 1 unspecified atom stereocenters. The Labute approximate surface area is 160 Å². The number of rotatable bonds is 11. The van der Waals surface area contributed by atoms with Crippen LogP contribution in [0.1, 0.15) is 48.6 Å². The van der Waals surface area contributed by atoms with Crippen molar-refractivity contribution in [2.24, 2.45) is 5.92 Å². The molecule has 27 heavy (non-hydrogen) atoms. The first-order valence-electron chi connectivity index (χ1n) is 9.27. The predicted octanol–water partition coefficient (Wildman–Crippen LogP) is 4.35. The van der Waals surface area contributed by atoms with Gasteiger partial charge in [-0.3, -0.25) is 4.79 Å². The van der Waals surface area contributed by atoms with Crippen molar-refractivity contribution in [3.8, 4) is 18.1 Å². The molecule has 1 heterocycles. The number of aliphatic carboxylic acids is 1. The highest BCUT2D eigenvalue weighted by atomic mass is 16.5. The Kier molecular flexibility index (Phi) is 7.94. The van der Waals surface area contributed by atoms with Crippen molar-refractivity contribution in [2.45, 2.75) is 52.4 Å². The topological polar surface area (TPSA) is 72.6 Å². The number of hydrogen-bond donors (Lipinski definition) is 1. The summed E-state index contributed by atoms with van der Waals surface area (Å²) in [5.41, 5.74) is 2.11. The van der Waals surface area contributed by atoms with Gasteiger partial charge in [0.05, 0.1) is 12.3 Å². The fraction of sp³-hybridized carbons (Fsp3) is 0.455. The van der Waals surface area contributed by atoms with Gasteiger partial charge in [0.25, 0.3) is 0 Å². The third kappa shape index (κ3) is 7.18. The van der Waals surface area contributed by atoms with E-state index in [1.165, 1.54) is 5.56 Å². The zero-order chi connectivity index (χ0) is 19.6. The molecule has 0 radical (unpaired) electrons. The van der Waals surface area contributed by atoms with Gasteiger partial charge in [-0.1, -0.05) is 12.1 Å². The Morgan fingerprint density at radius 1 is 1.33 bits per heavy atom. The van der Waals surface area contributed by atoms with E-state index in [0.29, 0.717) is 37.7 Å². The molecule has 0 spiro atoms. The Hall–Kier alpha value is -2.74. The van der Waals surface area contributed by atoms with Gasteiger partial charge in [-0.15, -0.1) is 12.3 Å². The molecule has 2 aromatic rings. The number of carbonyl (C=O) groups is 1. The lowest BCUT2D eigenvalue weighted by molar-refractivity contribution is -0.137. The summed E-state index contributed by atoms with van der Waals surface area (Å²) in [6.07, 6.45) is 9.35. The molecule has 5 nitrogen and oxygen atoms in total. The smallest absolute Gasteiger partial charge is 0.303 e. The molecule has 0 aliphatic carbocycles. The number of oxazole rings is 1. The monoisotopic (exact) mass is 369 g/mol. The molecular weight excluding hydrogens is 342 g/mol. The average Bonchev–Trinajstić information content (AvgIpc) is 2.94. The molecule has 1 aromatic heterocycles. The number of ether oxygens (including phenoxy) is 1.